The van der Waals surface area contributed by atoms with Gasteiger partial charge in [-0.2, -0.15) is 4.31 Å². The van der Waals surface area contributed by atoms with E-state index in [4.69, 9.17) is 27.9 Å². The Morgan fingerprint density at radius 1 is 1.06 bits per heavy atom. The zero-order valence-corrected chi connectivity index (χ0v) is 20.2. The molecule has 0 N–H and O–H groups in total. The highest BCUT2D eigenvalue weighted by Crippen LogP contribution is 2.35. The van der Waals surface area contributed by atoms with Crippen LogP contribution in [-0.4, -0.2) is 49.8 Å². The van der Waals surface area contributed by atoms with Gasteiger partial charge in [-0.1, -0.05) is 41.4 Å². The van der Waals surface area contributed by atoms with Crippen molar-refractivity contribution in [3.8, 4) is 5.75 Å². The number of ether oxygens (including phenoxy) is 1. The van der Waals surface area contributed by atoms with Crippen LogP contribution in [0.1, 0.15) is 31.2 Å². The highest BCUT2D eigenvalue weighted by Gasteiger charge is 2.39. The van der Waals surface area contributed by atoms with Gasteiger partial charge in [0.2, 0.25) is 15.9 Å². The second kappa shape index (κ2) is 9.59. The molecule has 2 aromatic carbocycles. The number of carbonyl (C=O) groups is 1. The summed E-state index contributed by atoms with van der Waals surface area (Å²) in [5.74, 6) is 0.711. The van der Waals surface area contributed by atoms with Gasteiger partial charge in [0.05, 0.1) is 17.2 Å². The molecule has 172 valence electrons. The molecule has 0 bridgehead atoms. The molecule has 2 aromatic rings. The van der Waals surface area contributed by atoms with Gasteiger partial charge in [0, 0.05) is 31.6 Å². The lowest BCUT2D eigenvalue weighted by Crippen LogP contribution is -2.44. The lowest BCUT2D eigenvalue weighted by Gasteiger charge is -2.34. The maximum absolute atomic E-state index is 13.3. The van der Waals surface area contributed by atoms with Crippen molar-refractivity contribution in [1.82, 2.24) is 9.21 Å². The van der Waals surface area contributed by atoms with E-state index in [9.17, 15) is 13.2 Å². The molecule has 2 fully saturated rings. The summed E-state index contributed by atoms with van der Waals surface area (Å²) in [7, 11) is -2.14. The summed E-state index contributed by atoms with van der Waals surface area (Å²) in [6, 6.07) is 12.6. The smallest absolute Gasteiger partial charge is 0.244 e. The molecule has 0 spiro atoms. The van der Waals surface area contributed by atoms with E-state index in [0.29, 0.717) is 19.4 Å². The number of sulfonamides is 1. The van der Waals surface area contributed by atoms with Crippen LogP contribution in [0, 0.1) is 5.92 Å². The summed E-state index contributed by atoms with van der Waals surface area (Å²) in [6.07, 6.45) is 3.01. The van der Waals surface area contributed by atoms with Crippen LogP contribution in [0.2, 0.25) is 10.0 Å². The molecule has 0 atom stereocenters. The van der Waals surface area contributed by atoms with Crippen molar-refractivity contribution < 1.29 is 17.9 Å². The first-order valence-electron chi connectivity index (χ1n) is 10.7. The first kappa shape index (κ1) is 23.4. The van der Waals surface area contributed by atoms with Gasteiger partial charge >= 0.3 is 0 Å². The second-order valence-electron chi connectivity index (χ2n) is 8.28. The normalized spacial score (nSPS) is 17.8. The van der Waals surface area contributed by atoms with Gasteiger partial charge in [-0.3, -0.25) is 4.79 Å². The molecule has 0 unspecified atom stereocenters. The predicted octanol–water partition coefficient (Wildman–Crippen LogP) is 4.59. The zero-order chi connectivity index (χ0) is 22.9. The number of rotatable bonds is 7. The van der Waals surface area contributed by atoms with E-state index in [2.05, 4.69) is 0 Å². The molecule has 0 aromatic heterocycles. The molecule has 4 rings (SSSR count). The average molecular weight is 497 g/mol. The maximum atomic E-state index is 13.3. The van der Waals surface area contributed by atoms with Gasteiger partial charge in [-0.15, -0.1) is 0 Å². The Hall–Kier alpha value is -1.80. The number of hydrogen-bond acceptors (Lipinski definition) is 4. The van der Waals surface area contributed by atoms with Crippen molar-refractivity contribution in [3.63, 3.8) is 0 Å². The Kier molecular flexibility index (Phi) is 7.00. The topological polar surface area (TPSA) is 66.9 Å². The van der Waals surface area contributed by atoms with Crippen LogP contribution in [0.5, 0.6) is 5.75 Å². The summed E-state index contributed by atoms with van der Waals surface area (Å²) in [6.45, 7) is 1.12. The van der Waals surface area contributed by atoms with Crippen molar-refractivity contribution in [2.24, 2.45) is 5.92 Å². The molecule has 1 heterocycles. The van der Waals surface area contributed by atoms with Gasteiger partial charge in [-0.05, 0) is 55.5 Å². The lowest BCUT2D eigenvalue weighted by atomic mass is 9.96. The van der Waals surface area contributed by atoms with E-state index in [0.717, 1.165) is 24.2 Å². The number of amides is 1. The van der Waals surface area contributed by atoms with Crippen LogP contribution >= 0.6 is 23.2 Å². The van der Waals surface area contributed by atoms with Crippen LogP contribution in [0.3, 0.4) is 0 Å². The molecule has 1 saturated carbocycles. The number of methoxy groups -OCH3 is 1. The Bertz CT molecular complexity index is 1080. The highest BCUT2D eigenvalue weighted by molar-refractivity contribution is 7.89. The molecule has 32 heavy (non-hydrogen) atoms. The maximum Gasteiger partial charge on any atom is 0.244 e. The fraction of sp³-hybridized carbons (Fsp3) is 0.435. The van der Waals surface area contributed by atoms with Gasteiger partial charge in [-0.25, -0.2) is 8.42 Å². The van der Waals surface area contributed by atoms with Crippen LogP contribution in [-0.2, 0) is 21.4 Å². The minimum absolute atomic E-state index is 0.00977. The molecule has 1 amide bonds. The van der Waals surface area contributed by atoms with E-state index in [-0.39, 0.29) is 45.9 Å². The Balaban J connectivity index is 1.42. The Morgan fingerprint density at radius 2 is 1.72 bits per heavy atom. The van der Waals surface area contributed by atoms with Crippen LogP contribution < -0.4 is 4.74 Å². The number of hydrogen-bond donors (Lipinski definition) is 0. The van der Waals surface area contributed by atoms with Crippen molar-refractivity contribution in [3.05, 3.63) is 58.1 Å². The van der Waals surface area contributed by atoms with Crippen molar-refractivity contribution in [2.75, 3.05) is 20.2 Å². The zero-order valence-electron chi connectivity index (χ0n) is 17.8. The molecule has 2 aliphatic rings. The second-order valence-corrected chi connectivity index (χ2v) is 11.0. The summed E-state index contributed by atoms with van der Waals surface area (Å²) < 4.78 is 32.7. The fourth-order valence-corrected chi connectivity index (χ4v) is 6.31. The number of benzene rings is 2. The highest BCUT2D eigenvalue weighted by atomic mass is 35.5. The molecular formula is C23H26Cl2N2O4S. The quantitative estimate of drug-likeness (QED) is 0.561. The third kappa shape index (κ3) is 4.91. The number of halogens is 2. The number of carbonyl (C=O) groups excluding carboxylic acids is 1. The molecular weight excluding hydrogens is 471 g/mol. The predicted molar refractivity (Wildman–Crippen MR) is 125 cm³/mol. The van der Waals surface area contributed by atoms with Crippen molar-refractivity contribution in [1.29, 1.82) is 0 Å². The largest absolute Gasteiger partial charge is 0.497 e. The number of piperidine rings is 1. The minimum atomic E-state index is -3.76. The fourth-order valence-electron chi connectivity index (χ4n) is 4.10. The van der Waals surface area contributed by atoms with Gasteiger partial charge < -0.3 is 9.64 Å². The first-order chi connectivity index (χ1) is 15.3. The lowest BCUT2D eigenvalue weighted by molar-refractivity contribution is -0.138. The van der Waals surface area contributed by atoms with Crippen LogP contribution in [0.15, 0.2) is 47.4 Å². The third-order valence-corrected chi connectivity index (χ3v) is 8.99. The Labute approximate surface area is 199 Å². The molecule has 1 saturated heterocycles. The van der Waals surface area contributed by atoms with E-state index >= 15 is 0 Å². The summed E-state index contributed by atoms with van der Waals surface area (Å²) in [4.78, 5) is 15.3. The first-order valence-corrected chi connectivity index (χ1v) is 12.9. The van der Waals surface area contributed by atoms with Gasteiger partial charge in [0.25, 0.3) is 0 Å². The van der Waals surface area contributed by atoms with E-state index in [1.165, 1.54) is 10.4 Å². The Morgan fingerprint density at radius 3 is 2.31 bits per heavy atom. The van der Waals surface area contributed by atoms with Gasteiger partial charge in [0.15, 0.2) is 0 Å². The van der Waals surface area contributed by atoms with E-state index in [1.807, 2.05) is 29.2 Å². The average Bonchev–Trinajstić information content (AvgIpc) is 3.64. The van der Waals surface area contributed by atoms with Crippen molar-refractivity contribution >= 4 is 39.1 Å². The third-order valence-electron chi connectivity index (χ3n) is 6.12. The molecule has 0 radical (unpaired) electrons. The van der Waals surface area contributed by atoms with Crippen molar-refractivity contribution in [2.45, 2.75) is 43.2 Å². The van der Waals surface area contributed by atoms with Crippen LogP contribution in [0.25, 0.3) is 0 Å². The summed E-state index contributed by atoms with van der Waals surface area (Å²) in [5, 5.41) is 0.239. The van der Waals surface area contributed by atoms with E-state index < -0.39 is 10.0 Å². The van der Waals surface area contributed by atoms with Crippen LogP contribution in [0.4, 0.5) is 0 Å². The molecule has 9 heteroatoms. The standard InChI is InChI=1S/C23H26Cl2N2O4S/c1-31-19-9-5-16(6-10-19)15-27(18-7-8-18)23(28)17-11-13-26(14-12-17)32(29,30)21-4-2-3-20(24)22(21)25/h2-6,9-10,17-18H,7-8,11-15H2,1H3. The van der Waals surface area contributed by atoms with Gasteiger partial charge in [0.1, 0.15) is 10.6 Å². The molecule has 1 aliphatic heterocycles. The summed E-state index contributed by atoms with van der Waals surface area (Å²) >= 11 is 12.2. The number of nitrogens with zero attached hydrogens (tertiary/aromatic N) is 2. The summed E-state index contributed by atoms with van der Waals surface area (Å²) in [5.41, 5.74) is 1.06. The SMILES string of the molecule is COc1ccc(CN(C(=O)C2CCN(S(=O)(=O)c3cccc(Cl)c3Cl)CC2)C2CC2)cc1. The monoisotopic (exact) mass is 496 g/mol. The molecule has 6 nitrogen and oxygen atoms in total. The van der Waals surface area contributed by atoms with E-state index in [1.54, 1.807) is 19.2 Å². The molecule has 1 aliphatic carbocycles. The minimum Gasteiger partial charge on any atom is -0.497 e.